The van der Waals surface area contributed by atoms with Crippen molar-refractivity contribution in [1.29, 1.82) is 0 Å². The molecule has 2 atom stereocenters. The Hall–Kier alpha value is -1.00. The number of hydrogen-bond donors (Lipinski definition) is 2. The molecule has 0 amide bonds. The van der Waals surface area contributed by atoms with E-state index >= 15 is 0 Å². The van der Waals surface area contributed by atoms with Crippen LogP contribution in [0.3, 0.4) is 0 Å². The van der Waals surface area contributed by atoms with Crippen molar-refractivity contribution in [2.24, 2.45) is 10.9 Å². The van der Waals surface area contributed by atoms with Crippen LogP contribution in [-0.4, -0.2) is 33.8 Å². The number of unbranched alkanes of at least 4 members (excludes halogenated alkanes) is 2. The summed E-state index contributed by atoms with van der Waals surface area (Å²) < 4.78 is 0.0440. The zero-order valence-corrected chi connectivity index (χ0v) is 17.8. The highest BCUT2D eigenvalue weighted by atomic mass is 32.2. The van der Waals surface area contributed by atoms with Gasteiger partial charge in [-0.1, -0.05) is 46.5 Å². The Morgan fingerprint density at radius 1 is 1.23 bits per heavy atom. The molecule has 4 heteroatoms. The standard InChI is InChI=1S/C22H35NO2S/c1-6-7-8-9-15(2)16(3)17-12-19(25)21-18(23-10-11-24)14-22(4,5)26-20(21)13-17/h12-13,15-16,24-25H,6-11,14H2,1-5H3. The molecule has 1 heterocycles. The zero-order chi connectivity index (χ0) is 19.3. The van der Waals surface area contributed by atoms with E-state index in [0.29, 0.717) is 24.1 Å². The first kappa shape index (κ1) is 21.3. The number of aliphatic imine (C=N–C) groups is 1. The van der Waals surface area contributed by atoms with Gasteiger partial charge in [0.1, 0.15) is 5.75 Å². The number of benzene rings is 1. The summed E-state index contributed by atoms with van der Waals surface area (Å²) in [7, 11) is 0. The molecule has 1 aliphatic heterocycles. The average Bonchev–Trinajstić information content (AvgIpc) is 2.57. The van der Waals surface area contributed by atoms with Gasteiger partial charge in [-0.2, -0.15) is 0 Å². The number of aromatic hydroxyl groups is 1. The van der Waals surface area contributed by atoms with E-state index in [1.165, 1.54) is 31.2 Å². The van der Waals surface area contributed by atoms with Gasteiger partial charge in [-0.05, 0) is 43.4 Å². The van der Waals surface area contributed by atoms with Crippen molar-refractivity contribution in [2.45, 2.75) is 82.3 Å². The second-order valence-corrected chi connectivity index (χ2v) is 10.0. The van der Waals surface area contributed by atoms with Crippen molar-refractivity contribution >= 4 is 17.5 Å². The molecule has 3 nitrogen and oxygen atoms in total. The summed E-state index contributed by atoms with van der Waals surface area (Å²) in [5.41, 5.74) is 3.01. The first-order valence-electron chi connectivity index (χ1n) is 9.99. The number of aliphatic hydroxyl groups excluding tert-OH is 1. The van der Waals surface area contributed by atoms with Gasteiger partial charge in [0, 0.05) is 21.8 Å². The maximum Gasteiger partial charge on any atom is 0.126 e. The fourth-order valence-corrected chi connectivity index (χ4v) is 5.02. The molecule has 146 valence electrons. The molecular weight excluding hydrogens is 342 g/mol. The third kappa shape index (κ3) is 5.26. The lowest BCUT2D eigenvalue weighted by Gasteiger charge is -2.33. The van der Waals surface area contributed by atoms with Gasteiger partial charge in [0.15, 0.2) is 0 Å². The van der Waals surface area contributed by atoms with Gasteiger partial charge < -0.3 is 10.2 Å². The van der Waals surface area contributed by atoms with Crippen LogP contribution in [0.5, 0.6) is 5.75 Å². The van der Waals surface area contributed by atoms with Crippen molar-refractivity contribution in [3.63, 3.8) is 0 Å². The monoisotopic (exact) mass is 377 g/mol. The molecule has 0 bridgehead atoms. The molecule has 2 rings (SSSR count). The van der Waals surface area contributed by atoms with E-state index in [1.807, 2.05) is 17.8 Å². The van der Waals surface area contributed by atoms with Crippen molar-refractivity contribution < 1.29 is 10.2 Å². The summed E-state index contributed by atoms with van der Waals surface area (Å²) in [6, 6.07) is 4.20. The van der Waals surface area contributed by atoms with Gasteiger partial charge in [0.25, 0.3) is 0 Å². The van der Waals surface area contributed by atoms with E-state index in [9.17, 15) is 5.11 Å². The topological polar surface area (TPSA) is 52.8 Å². The van der Waals surface area contributed by atoms with Crippen LogP contribution in [0.25, 0.3) is 0 Å². The predicted molar refractivity (Wildman–Crippen MR) is 113 cm³/mol. The predicted octanol–water partition coefficient (Wildman–Crippen LogP) is 5.77. The first-order chi connectivity index (χ1) is 12.3. The minimum absolute atomic E-state index is 0.0392. The van der Waals surface area contributed by atoms with Crippen molar-refractivity contribution in [2.75, 3.05) is 13.2 Å². The molecule has 0 fully saturated rings. The summed E-state index contributed by atoms with van der Waals surface area (Å²) in [6.45, 7) is 11.7. The van der Waals surface area contributed by atoms with Crippen LogP contribution in [0.1, 0.15) is 83.8 Å². The Morgan fingerprint density at radius 3 is 2.62 bits per heavy atom. The molecule has 26 heavy (non-hydrogen) atoms. The minimum atomic E-state index is 0.0392. The number of phenols is 1. The van der Waals surface area contributed by atoms with E-state index in [0.717, 1.165) is 22.6 Å². The van der Waals surface area contributed by atoms with Gasteiger partial charge in [-0.25, -0.2) is 0 Å². The normalized spacial score (nSPS) is 20.0. The Balaban J connectivity index is 2.32. The van der Waals surface area contributed by atoms with E-state index in [1.54, 1.807) is 0 Å². The van der Waals surface area contributed by atoms with Crippen molar-refractivity contribution in [1.82, 2.24) is 0 Å². The molecule has 2 unspecified atom stereocenters. The quantitative estimate of drug-likeness (QED) is 0.566. The van der Waals surface area contributed by atoms with Crippen molar-refractivity contribution in [3.05, 3.63) is 23.3 Å². The Bertz CT molecular complexity index is 639. The molecule has 0 spiro atoms. The number of rotatable bonds is 8. The molecule has 0 radical (unpaired) electrons. The van der Waals surface area contributed by atoms with Crippen LogP contribution < -0.4 is 0 Å². The average molecular weight is 378 g/mol. The molecule has 0 saturated heterocycles. The van der Waals surface area contributed by atoms with Gasteiger partial charge in [0.05, 0.1) is 18.7 Å². The smallest absolute Gasteiger partial charge is 0.126 e. The maximum atomic E-state index is 10.8. The lowest BCUT2D eigenvalue weighted by molar-refractivity contribution is 0.306. The van der Waals surface area contributed by atoms with Crippen LogP contribution in [0.4, 0.5) is 0 Å². The number of nitrogens with zero attached hydrogens (tertiary/aromatic N) is 1. The van der Waals surface area contributed by atoms with Crippen LogP contribution >= 0.6 is 11.8 Å². The molecule has 1 aromatic rings. The molecule has 0 saturated carbocycles. The molecule has 0 aliphatic carbocycles. The van der Waals surface area contributed by atoms with E-state index in [-0.39, 0.29) is 11.4 Å². The minimum Gasteiger partial charge on any atom is -0.507 e. The summed E-state index contributed by atoms with van der Waals surface area (Å²) >= 11 is 1.83. The lowest BCUT2D eigenvalue weighted by Crippen LogP contribution is -2.26. The van der Waals surface area contributed by atoms with Crippen LogP contribution in [0, 0.1) is 5.92 Å². The van der Waals surface area contributed by atoms with E-state index in [2.05, 4.69) is 45.7 Å². The summed E-state index contributed by atoms with van der Waals surface area (Å²) in [4.78, 5) is 5.68. The van der Waals surface area contributed by atoms with Gasteiger partial charge in [-0.15, -0.1) is 11.8 Å². The first-order valence-corrected chi connectivity index (χ1v) is 10.8. The number of phenolic OH excluding ortho intramolecular Hbond substituents is 1. The fraction of sp³-hybridized carbons (Fsp3) is 0.682. The number of aliphatic hydroxyl groups is 1. The van der Waals surface area contributed by atoms with Crippen molar-refractivity contribution in [3.8, 4) is 5.75 Å². The second-order valence-electron chi connectivity index (χ2n) is 8.27. The Kier molecular flexibility index (Phi) is 7.60. The second kappa shape index (κ2) is 9.27. The van der Waals surface area contributed by atoms with E-state index < -0.39 is 0 Å². The summed E-state index contributed by atoms with van der Waals surface area (Å²) in [5, 5.41) is 19.9. The zero-order valence-electron chi connectivity index (χ0n) is 17.0. The summed E-state index contributed by atoms with van der Waals surface area (Å²) in [6.07, 6.45) is 5.86. The highest BCUT2D eigenvalue weighted by Gasteiger charge is 2.33. The van der Waals surface area contributed by atoms with Crippen LogP contribution in [-0.2, 0) is 0 Å². The Morgan fingerprint density at radius 2 is 1.96 bits per heavy atom. The van der Waals surface area contributed by atoms with Crippen LogP contribution in [0.15, 0.2) is 22.0 Å². The number of thioether (sulfide) groups is 1. The molecule has 2 N–H and O–H groups in total. The van der Waals surface area contributed by atoms with Gasteiger partial charge in [0.2, 0.25) is 0 Å². The highest BCUT2D eigenvalue weighted by molar-refractivity contribution is 8.00. The summed E-state index contributed by atoms with van der Waals surface area (Å²) in [5.74, 6) is 1.36. The molecule has 1 aromatic carbocycles. The maximum absolute atomic E-state index is 10.8. The largest absolute Gasteiger partial charge is 0.507 e. The highest BCUT2D eigenvalue weighted by Crippen LogP contribution is 2.47. The molecule has 1 aliphatic rings. The molecular formula is C22H35NO2S. The third-order valence-corrected chi connectivity index (χ3v) is 6.66. The SMILES string of the molecule is CCCCCC(C)C(C)c1cc(O)c2c(c1)SC(C)(C)CC2=NCCO. The molecule has 0 aromatic heterocycles. The lowest BCUT2D eigenvalue weighted by atomic mass is 9.84. The van der Waals surface area contributed by atoms with Crippen LogP contribution in [0.2, 0.25) is 0 Å². The van der Waals surface area contributed by atoms with Gasteiger partial charge >= 0.3 is 0 Å². The fourth-order valence-electron chi connectivity index (χ4n) is 3.70. The number of fused-ring (bicyclic) bond motifs is 1. The third-order valence-electron chi connectivity index (χ3n) is 5.42. The van der Waals surface area contributed by atoms with Gasteiger partial charge in [-0.3, -0.25) is 4.99 Å². The Labute approximate surface area is 163 Å². The number of hydrogen-bond acceptors (Lipinski definition) is 4. The van der Waals surface area contributed by atoms with E-state index in [4.69, 9.17) is 5.11 Å².